The van der Waals surface area contributed by atoms with E-state index < -0.39 is 0 Å². The van der Waals surface area contributed by atoms with E-state index in [9.17, 15) is 4.79 Å². The summed E-state index contributed by atoms with van der Waals surface area (Å²) >= 11 is 0. The molecule has 0 aliphatic carbocycles. The summed E-state index contributed by atoms with van der Waals surface area (Å²) in [5.41, 5.74) is -0.0544. The molecule has 0 unspecified atom stereocenters. The van der Waals surface area contributed by atoms with Crippen molar-refractivity contribution in [2.45, 2.75) is 46.5 Å². The molecule has 0 amide bonds. The Morgan fingerprint density at radius 1 is 1.36 bits per heavy atom. The summed E-state index contributed by atoms with van der Waals surface area (Å²) in [7, 11) is 0. The fraction of sp³-hybridized carbons (Fsp3) is 0.917. The lowest BCUT2D eigenvalue weighted by atomic mass is 9.70. The first-order chi connectivity index (χ1) is 6.62. The average Bonchev–Trinajstić information content (AvgIpc) is 2.18. The topological polar surface area (TPSA) is 26.3 Å². The second kappa shape index (κ2) is 4.92. The van der Waals surface area contributed by atoms with E-state index in [0.29, 0.717) is 5.78 Å². The van der Waals surface area contributed by atoms with Gasteiger partial charge in [-0.1, -0.05) is 27.2 Å². The molecule has 1 heterocycles. The molecule has 0 saturated carbocycles. The van der Waals surface area contributed by atoms with Crippen LogP contribution in [0.4, 0.5) is 0 Å². The highest BCUT2D eigenvalue weighted by atomic mass is 16.5. The summed E-state index contributed by atoms with van der Waals surface area (Å²) in [5.74, 6) is 0.613. The molecule has 1 saturated heterocycles. The number of Topliss-reactive ketones (excluding diaryl/α,β-unsaturated/α-hetero) is 1. The number of carbonyl (C=O) groups excluding carboxylic acids is 1. The number of carbonyl (C=O) groups is 1. The Morgan fingerprint density at radius 2 is 1.93 bits per heavy atom. The van der Waals surface area contributed by atoms with E-state index in [2.05, 4.69) is 6.92 Å². The largest absolute Gasteiger partial charge is 0.381 e. The molecule has 0 radical (unpaired) electrons. The Hall–Kier alpha value is -0.370. The minimum Gasteiger partial charge on any atom is -0.381 e. The van der Waals surface area contributed by atoms with Crippen molar-refractivity contribution < 1.29 is 9.53 Å². The highest BCUT2D eigenvalue weighted by Crippen LogP contribution is 2.38. The summed E-state index contributed by atoms with van der Waals surface area (Å²) < 4.78 is 5.35. The first-order valence-electron chi connectivity index (χ1n) is 5.74. The van der Waals surface area contributed by atoms with Crippen molar-refractivity contribution in [2.24, 2.45) is 11.3 Å². The van der Waals surface area contributed by atoms with Gasteiger partial charge in [0.15, 0.2) is 0 Å². The van der Waals surface area contributed by atoms with E-state index >= 15 is 0 Å². The van der Waals surface area contributed by atoms with E-state index in [1.54, 1.807) is 0 Å². The zero-order chi connectivity index (χ0) is 10.6. The number of rotatable bonds is 4. The normalized spacial score (nSPS) is 21.1. The molecule has 0 bridgehead atoms. The van der Waals surface area contributed by atoms with Crippen LogP contribution in [0.1, 0.15) is 46.5 Å². The van der Waals surface area contributed by atoms with Crippen LogP contribution in [0, 0.1) is 11.3 Å². The van der Waals surface area contributed by atoms with Crippen LogP contribution in [0.15, 0.2) is 0 Å². The number of ether oxygens (including phenoxy) is 1. The second-order valence-corrected chi connectivity index (χ2v) is 4.66. The Morgan fingerprint density at radius 3 is 2.36 bits per heavy atom. The lowest BCUT2D eigenvalue weighted by Gasteiger charge is -2.37. The van der Waals surface area contributed by atoms with Gasteiger partial charge in [-0.05, 0) is 19.3 Å². The van der Waals surface area contributed by atoms with Crippen molar-refractivity contribution in [3.05, 3.63) is 0 Å². The van der Waals surface area contributed by atoms with Crippen molar-refractivity contribution in [3.63, 3.8) is 0 Å². The van der Waals surface area contributed by atoms with Gasteiger partial charge in [0.1, 0.15) is 5.78 Å². The number of hydrogen-bond acceptors (Lipinski definition) is 2. The maximum atomic E-state index is 12.2. The van der Waals surface area contributed by atoms with Crippen LogP contribution < -0.4 is 0 Å². The summed E-state index contributed by atoms with van der Waals surface area (Å²) in [6, 6.07) is 0. The van der Waals surface area contributed by atoms with Crippen LogP contribution in [-0.2, 0) is 9.53 Å². The molecule has 2 heteroatoms. The highest BCUT2D eigenvalue weighted by molar-refractivity contribution is 5.86. The fourth-order valence-corrected chi connectivity index (χ4v) is 2.47. The third kappa shape index (κ3) is 2.35. The van der Waals surface area contributed by atoms with E-state index in [-0.39, 0.29) is 11.3 Å². The molecular formula is C12H22O2. The van der Waals surface area contributed by atoms with Crippen LogP contribution in [0.5, 0.6) is 0 Å². The van der Waals surface area contributed by atoms with Crippen molar-refractivity contribution in [1.29, 1.82) is 0 Å². The van der Waals surface area contributed by atoms with Crippen LogP contribution in [0.25, 0.3) is 0 Å². The standard InChI is InChI=1S/C12H22O2/c1-4-5-12(11(13)10(2)3)6-8-14-9-7-12/h10H,4-9H2,1-3H3. The van der Waals surface area contributed by atoms with Crippen LogP contribution in [-0.4, -0.2) is 19.0 Å². The SMILES string of the molecule is CCCC1(C(=O)C(C)C)CCOCC1. The predicted molar refractivity (Wildman–Crippen MR) is 57.2 cm³/mol. The van der Waals surface area contributed by atoms with Crippen LogP contribution in [0.2, 0.25) is 0 Å². The zero-order valence-electron chi connectivity index (χ0n) is 9.64. The molecule has 0 spiro atoms. The lowest BCUT2D eigenvalue weighted by Crippen LogP contribution is -2.39. The minimum atomic E-state index is -0.0544. The fourth-order valence-electron chi connectivity index (χ4n) is 2.47. The average molecular weight is 198 g/mol. The second-order valence-electron chi connectivity index (χ2n) is 4.66. The summed E-state index contributed by atoms with van der Waals surface area (Å²) in [6.07, 6.45) is 3.99. The Bertz CT molecular complexity index is 185. The maximum Gasteiger partial charge on any atom is 0.141 e. The van der Waals surface area contributed by atoms with E-state index in [1.165, 1.54) is 0 Å². The number of hydrogen-bond donors (Lipinski definition) is 0. The molecule has 0 atom stereocenters. The van der Waals surface area contributed by atoms with Gasteiger partial charge >= 0.3 is 0 Å². The Labute approximate surface area is 87.0 Å². The summed E-state index contributed by atoms with van der Waals surface area (Å²) in [4.78, 5) is 12.2. The van der Waals surface area contributed by atoms with E-state index in [4.69, 9.17) is 4.74 Å². The zero-order valence-corrected chi connectivity index (χ0v) is 9.64. The first-order valence-corrected chi connectivity index (χ1v) is 5.74. The molecule has 1 rings (SSSR count). The Balaban J connectivity index is 2.74. The first kappa shape index (κ1) is 11.7. The van der Waals surface area contributed by atoms with Gasteiger partial charge in [-0.3, -0.25) is 4.79 Å². The van der Waals surface area contributed by atoms with Crippen molar-refractivity contribution >= 4 is 5.78 Å². The summed E-state index contributed by atoms with van der Waals surface area (Å²) in [6.45, 7) is 7.70. The quantitative estimate of drug-likeness (QED) is 0.694. The van der Waals surface area contributed by atoms with Crippen molar-refractivity contribution in [1.82, 2.24) is 0 Å². The van der Waals surface area contributed by atoms with Gasteiger partial charge in [0.05, 0.1) is 0 Å². The lowest BCUT2D eigenvalue weighted by molar-refractivity contribution is -0.138. The molecular weight excluding hydrogens is 176 g/mol. The van der Waals surface area contributed by atoms with Gasteiger partial charge in [0.25, 0.3) is 0 Å². The van der Waals surface area contributed by atoms with Crippen LogP contribution >= 0.6 is 0 Å². The van der Waals surface area contributed by atoms with Gasteiger partial charge in [-0.2, -0.15) is 0 Å². The molecule has 1 fully saturated rings. The highest BCUT2D eigenvalue weighted by Gasteiger charge is 2.39. The molecule has 2 nitrogen and oxygen atoms in total. The van der Waals surface area contributed by atoms with Crippen molar-refractivity contribution in [3.8, 4) is 0 Å². The van der Waals surface area contributed by atoms with Crippen molar-refractivity contribution in [2.75, 3.05) is 13.2 Å². The molecule has 0 aromatic heterocycles. The molecule has 0 aromatic rings. The van der Waals surface area contributed by atoms with Crippen LogP contribution in [0.3, 0.4) is 0 Å². The Kier molecular flexibility index (Phi) is 4.11. The molecule has 1 aliphatic rings. The maximum absolute atomic E-state index is 12.2. The third-order valence-electron chi connectivity index (χ3n) is 3.23. The van der Waals surface area contributed by atoms with E-state index in [0.717, 1.165) is 38.9 Å². The number of ketones is 1. The molecule has 82 valence electrons. The smallest absolute Gasteiger partial charge is 0.141 e. The van der Waals surface area contributed by atoms with Gasteiger partial charge in [-0.25, -0.2) is 0 Å². The van der Waals surface area contributed by atoms with Gasteiger partial charge in [-0.15, -0.1) is 0 Å². The molecule has 14 heavy (non-hydrogen) atoms. The van der Waals surface area contributed by atoms with Gasteiger partial charge < -0.3 is 4.74 Å². The molecule has 0 N–H and O–H groups in total. The monoisotopic (exact) mass is 198 g/mol. The molecule has 1 aliphatic heterocycles. The van der Waals surface area contributed by atoms with Gasteiger partial charge in [0.2, 0.25) is 0 Å². The predicted octanol–water partition coefficient (Wildman–Crippen LogP) is 2.81. The molecule has 0 aromatic carbocycles. The summed E-state index contributed by atoms with van der Waals surface area (Å²) in [5, 5.41) is 0. The van der Waals surface area contributed by atoms with E-state index in [1.807, 2.05) is 13.8 Å². The minimum absolute atomic E-state index is 0.0544. The van der Waals surface area contributed by atoms with Gasteiger partial charge in [0, 0.05) is 24.5 Å². The third-order valence-corrected chi connectivity index (χ3v) is 3.23.